The van der Waals surface area contributed by atoms with Crippen molar-refractivity contribution in [3.8, 4) is 5.75 Å². The highest BCUT2D eigenvalue weighted by Crippen LogP contribution is 2.23. The molecule has 0 aliphatic rings. The summed E-state index contributed by atoms with van der Waals surface area (Å²) >= 11 is 6.16. The van der Waals surface area contributed by atoms with Gasteiger partial charge in [0.05, 0.1) is 13.2 Å². The van der Waals surface area contributed by atoms with Crippen LogP contribution in [0.2, 0.25) is 5.02 Å². The van der Waals surface area contributed by atoms with E-state index in [-0.39, 0.29) is 6.10 Å². The van der Waals surface area contributed by atoms with Crippen LogP contribution in [0.4, 0.5) is 0 Å². The normalized spacial score (nSPS) is 12.8. The van der Waals surface area contributed by atoms with Gasteiger partial charge in [0.2, 0.25) is 0 Å². The first-order chi connectivity index (χ1) is 8.02. The second-order valence-electron chi connectivity index (χ2n) is 4.33. The number of aliphatic hydroxyl groups excluding tert-OH is 1. The summed E-state index contributed by atoms with van der Waals surface area (Å²) in [6.07, 6.45) is 0.508. The van der Waals surface area contributed by atoms with Gasteiger partial charge in [0.1, 0.15) is 5.75 Å². The zero-order valence-corrected chi connectivity index (χ0v) is 11.4. The van der Waals surface area contributed by atoms with Crippen LogP contribution in [0.1, 0.15) is 18.9 Å². The molecule has 0 spiro atoms. The van der Waals surface area contributed by atoms with Crippen molar-refractivity contribution < 1.29 is 9.84 Å². The lowest BCUT2D eigenvalue weighted by Crippen LogP contribution is -2.22. The predicted octanol–water partition coefficient (Wildman–Crippen LogP) is 2.55. The molecule has 1 rings (SSSR count). The number of hydrogen-bond acceptors (Lipinski definition) is 3. The van der Waals surface area contributed by atoms with Gasteiger partial charge < -0.3 is 14.7 Å². The highest BCUT2D eigenvalue weighted by atomic mass is 35.5. The minimum atomic E-state index is -0.260. The van der Waals surface area contributed by atoms with Crippen molar-refractivity contribution >= 4 is 11.6 Å². The fourth-order valence-electron chi connectivity index (χ4n) is 1.56. The van der Waals surface area contributed by atoms with Crippen molar-refractivity contribution in [3.05, 3.63) is 28.8 Å². The fraction of sp³-hybridized carbons (Fsp3) is 0.538. The zero-order valence-electron chi connectivity index (χ0n) is 10.6. The maximum atomic E-state index is 9.22. The van der Waals surface area contributed by atoms with Gasteiger partial charge in [0.15, 0.2) is 0 Å². The van der Waals surface area contributed by atoms with Crippen LogP contribution >= 0.6 is 11.6 Å². The summed E-state index contributed by atoms with van der Waals surface area (Å²) in [6.45, 7) is 3.42. The Balaban J connectivity index is 2.56. The van der Waals surface area contributed by atoms with E-state index < -0.39 is 0 Å². The summed E-state index contributed by atoms with van der Waals surface area (Å²) in [4.78, 5) is 2.14. The first-order valence-electron chi connectivity index (χ1n) is 5.72. The molecule has 1 aromatic rings. The van der Waals surface area contributed by atoms with E-state index in [0.717, 1.165) is 30.8 Å². The molecule has 0 heterocycles. The van der Waals surface area contributed by atoms with Gasteiger partial charge in [0, 0.05) is 18.1 Å². The Morgan fingerprint density at radius 3 is 2.71 bits per heavy atom. The van der Waals surface area contributed by atoms with Crippen molar-refractivity contribution in [3.63, 3.8) is 0 Å². The third kappa shape index (κ3) is 4.94. The standard InChI is InChI=1S/C13H20ClNO2/c1-10(16)6-7-15(2)9-11-4-5-12(17-3)8-13(11)14/h4-5,8,10,16H,6-7,9H2,1-3H3. The number of hydrogen-bond donors (Lipinski definition) is 1. The van der Waals surface area contributed by atoms with E-state index in [9.17, 15) is 5.11 Å². The van der Waals surface area contributed by atoms with Gasteiger partial charge >= 0.3 is 0 Å². The minimum Gasteiger partial charge on any atom is -0.497 e. The SMILES string of the molecule is COc1ccc(CN(C)CCC(C)O)c(Cl)c1. The summed E-state index contributed by atoms with van der Waals surface area (Å²) in [6, 6.07) is 5.70. The van der Waals surface area contributed by atoms with Crippen LogP contribution < -0.4 is 4.74 Å². The topological polar surface area (TPSA) is 32.7 Å². The van der Waals surface area contributed by atoms with Crippen molar-refractivity contribution in [2.75, 3.05) is 20.7 Å². The van der Waals surface area contributed by atoms with Gasteiger partial charge in [-0.25, -0.2) is 0 Å². The van der Waals surface area contributed by atoms with Crippen LogP contribution in [0.5, 0.6) is 5.75 Å². The van der Waals surface area contributed by atoms with Crippen LogP contribution in [0.3, 0.4) is 0 Å². The molecule has 0 saturated carbocycles. The molecule has 96 valence electrons. The molecule has 0 aliphatic heterocycles. The van der Waals surface area contributed by atoms with Crippen molar-refractivity contribution in [2.45, 2.75) is 26.0 Å². The van der Waals surface area contributed by atoms with E-state index in [1.165, 1.54) is 0 Å². The van der Waals surface area contributed by atoms with Crippen LogP contribution in [-0.2, 0) is 6.54 Å². The lowest BCUT2D eigenvalue weighted by Gasteiger charge is -2.18. The Bertz CT molecular complexity index is 355. The number of halogens is 1. The maximum absolute atomic E-state index is 9.22. The van der Waals surface area contributed by atoms with E-state index >= 15 is 0 Å². The maximum Gasteiger partial charge on any atom is 0.120 e. The molecule has 0 radical (unpaired) electrons. The second-order valence-corrected chi connectivity index (χ2v) is 4.74. The van der Waals surface area contributed by atoms with E-state index in [1.807, 2.05) is 25.2 Å². The molecule has 17 heavy (non-hydrogen) atoms. The Morgan fingerprint density at radius 1 is 1.47 bits per heavy atom. The Labute approximate surface area is 108 Å². The summed E-state index contributed by atoms with van der Waals surface area (Å²) < 4.78 is 5.10. The number of aliphatic hydroxyl groups is 1. The molecule has 1 unspecified atom stereocenters. The molecule has 0 aromatic heterocycles. The van der Waals surface area contributed by atoms with Gasteiger partial charge in [-0.15, -0.1) is 0 Å². The molecule has 0 aliphatic carbocycles. The Kier molecular flexibility index (Phi) is 5.75. The van der Waals surface area contributed by atoms with Crippen LogP contribution in [0, 0.1) is 0 Å². The smallest absolute Gasteiger partial charge is 0.120 e. The van der Waals surface area contributed by atoms with Crippen molar-refractivity contribution in [1.82, 2.24) is 4.90 Å². The number of nitrogens with zero attached hydrogens (tertiary/aromatic N) is 1. The molecule has 0 fully saturated rings. The first-order valence-corrected chi connectivity index (χ1v) is 6.09. The van der Waals surface area contributed by atoms with Gasteiger partial charge in [-0.2, -0.15) is 0 Å². The molecule has 0 saturated heterocycles. The summed E-state index contributed by atoms with van der Waals surface area (Å²) in [5.41, 5.74) is 1.07. The molecule has 1 N–H and O–H groups in total. The quantitative estimate of drug-likeness (QED) is 0.850. The molecule has 4 heteroatoms. The van der Waals surface area contributed by atoms with Crippen molar-refractivity contribution in [2.24, 2.45) is 0 Å². The highest BCUT2D eigenvalue weighted by molar-refractivity contribution is 6.31. The highest BCUT2D eigenvalue weighted by Gasteiger charge is 2.06. The molecule has 1 atom stereocenters. The second kappa shape index (κ2) is 6.84. The molecular formula is C13H20ClNO2. The average molecular weight is 258 g/mol. The summed E-state index contributed by atoms with van der Waals surface area (Å²) in [5.74, 6) is 0.769. The van der Waals surface area contributed by atoms with E-state index in [1.54, 1.807) is 14.0 Å². The fourth-order valence-corrected chi connectivity index (χ4v) is 1.79. The summed E-state index contributed by atoms with van der Waals surface area (Å²) in [7, 11) is 3.64. The molecular weight excluding hydrogens is 238 g/mol. The van der Waals surface area contributed by atoms with Gasteiger partial charge in [-0.1, -0.05) is 17.7 Å². The Hall–Kier alpha value is -0.770. The van der Waals surface area contributed by atoms with Crippen LogP contribution in [-0.4, -0.2) is 36.8 Å². The number of benzene rings is 1. The lowest BCUT2D eigenvalue weighted by atomic mass is 10.2. The first kappa shape index (κ1) is 14.3. The zero-order chi connectivity index (χ0) is 12.8. The summed E-state index contributed by atoms with van der Waals surface area (Å²) in [5, 5.41) is 9.94. The monoisotopic (exact) mass is 257 g/mol. The third-order valence-electron chi connectivity index (χ3n) is 2.63. The van der Waals surface area contributed by atoms with Gasteiger partial charge in [-0.3, -0.25) is 0 Å². The number of rotatable bonds is 6. The minimum absolute atomic E-state index is 0.260. The van der Waals surface area contributed by atoms with E-state index in [0.29, 0.717) is 5.02 Å². The number of ether oxygens (including phenoxy) is 1. The van der Waals surface area contributed by atoms with Gasteiger partial charge in [0.25, 0.3) is 0 Å². The van der Waals surface area contributed by atoms with Gasteiger partial charge in [-0.05, 0) is 38.1 Å². The average Bonchev–Trinajstić information content (AvgIpc) is 2.29. The molecule has 0 bridgehead atoms. The number of methoxy groups -OCH3 is 1. The van der Waals surface area contributed by atoms with Crippen molar-refractivity contribution in [1.29, 1.82) is 0 Å². The Morgan fingerprint density at radius 2 is 2.18 bits per heavy atom. The predicted molar refractivity (Wildman–Crippen MR) is 70.6 cm³/mol. The molecule has 3 nitrogen and oxygen atoms in total. The van der Waals surface area contributed by atoms with Crippen LogP contribution in [0.15, 0.2) is 18.2 Å². The van der Waals surface area contributed by atoms with E-state index in [4.69, 9.17) is 16.3 Å². The largest absolute Gasteiger partial charge is 0.497 e. The third-order valence-corrected chi connectivity index (χ3v) is 2.98. The molecule has 1 aromatic carbocycles. The van der Waals surface area contributed by atoms with E-state index in [2.05, 4.69) is 4.90 Å². The lowest BCUT2D eigenvalue weighted by molar-refractivity contribution is 0.163. The van der Waals surface area contributed by atoms with Crippen LogP contribution in [0.25, 0.3) is 0 Å². The molecule has 0 amide bonds.